The predicted octanol–water partition coefficient (Wildman–Crippen LogP) is 2.73. The molecule has 0 radical (unpaired) electrons. The lowest BCUT2D eigenvalue weighted by Crippen LogP contribution is -2.10. The zero-order valence-corrected chi connectivity index (χ0v) is 12.8. The van der Waals surface area contributed by atoms with Crippen LogP contribution in [-0.2, 0) is 13.5 Å². The van der Waals surface area contributed by atoms with E-state index in [-0.39, 0.29) is 14.9 Å². The third kappa shape index (κ3) is 3.24. The molecule has 1 N–H and O–H groups in total. The highest BCUT2D eigenvalue weighted by Crippen LogP contribution is 2.28. The number of halogens is 2. The van der Waals surface area contributed by atoms with Gasteiger partial charge in [0, 0.05) is 44.5 Å². The van der Waals surface area contributed by atoms with E-state index < -0.39 is 10.7 Å². The highest BCUT2D eigenvalue weighted by molar-refractivity contribution is 14.1. The van der Waals surface area contributed by atoms with E-state index in [9.17, 15) is 14.5 Å². The maximum atomic E-state index is 13.5. The normalized spacial score (nSPS) is 10.6. The predicted molar refractivity (Wildman–Crippen MR) is 81.2 cm³/mol. The van der Waals surface area contributed by atoms with E-state index in [1.807, 2.05) is 17.8 Å². The Morgan fingerprint density at radius 3 is 2.90 bits per heavy atom. The summed E-state index contributed by atoms with van der Waals surface area (Å²) in [6.07, 6.45) is 4.10. The Morgan fingerprint density at radius 1 is 1.55 bits per heavy atom. The van der Waals surface area contributed by atoms with Crippen LogP contribution in [-0.4, -0.2) is 21.0 Å². The van der Waals surface area contributed by atoms with Gasteiger partial charge in [-0.15, -0.1) is 0 Å². The van der Waals surface area contributed by atoms with Gasteiger partial charge in [-0.05, 0) is 22.6 Å². The van der Waals surface area contributed by atoms with Crippen molar-refractivity contribution in [3.8, 4) is 0 Å². The average molecular weight is 390 g/mol. The minimum Gasteiger partial charge on any atom is -0.379 e. The first-order chi connectivity index (χ1) is 9.49. The first kappa shape index (κ1) is 14.7. The summed E-state index contributed by atoms with van der Waals surface area (Å²) in [7, 11) is 1.87. The fourth-order valence-corrected chi connectivity index (χ4v) is 2.23. The van der Waals surface area contributed by atoms with E-state index in [0.29, 0.717) is 13.0 Å². The summed E-state index contributed by atoms with van der Waals surface area (Å²) in [5, 5.41) is 13.8. The van der Waals surface area contributed by atoms with Crippen LogP contribution in [0.25, 0.3) is 0 Å². The molecule has 0 amide bonds. The van der Waals surface area contributed by atoms with Crippen molar-refractivity contribution in [1.82, 2.24) is 9.55 Å². The topological polar surface area (TPSA) is 73.0 Å². The van der Waals surface area contributed by atoms with Gasteiger partial charge in [0.05, 0.1) is 8.49 Å². The molecule has 0 bridgehead atoms. The highest BCUT2D eigenvalue weighted by atomic mass is 127. The lowest BCUT2D eigenvalue weighted by molar-refractivity contribution is -0.384. The number of aryl methyl sites for hydroxylation is 1. The second-order valence-corrected chi connectivity index (χ2v) is 5.33. The smallest absolute Gasteiger partial charge is 0.293 e. The second-order valence-electron chi connectivity index (χ2n) is 4.17. The standard InChI is InChI=1S/C12H12FIN4O2/c1-17-5-4-16-12(17)2-3-15-10-6-8(13)9(14)7-11(10)18(19)20/h4-7,15H,2-3H2,1H3. The molecule has 0 saturated carbocycles. The summed E-state index contributed by atoms with van der Waals surface area (Å²) < 4.78 is 15.6. The van der Waals surface area contributed by atoms with E-state index in [4.69, 9.17) is 0 Å². The number of aromatic nitrogens is 2. The number of anilines is 1. The van der Waals surface area contributed by atoms with Crippen LogP contribution >= 0.6 is 22.6 Å². The molecule has 8 heteroatoms. The molecule has 2 rings (SSSR count). The molecule has 0 aliphatic rings. The Labute approximate surface area is 128 Å². The molecule has 6 nitrogen and oxygen atoms in total. The summed E-state index contributed by atoms with van der Waals surface area (Å²) in [4.78, 5) is 14.6. The molecular formula is C12H12FIN4O2. The summed E-state index contributed by atoms with van der Waals surface area (Å²) in [5.41, 5.74) is 0.0535. The Kier molecular flexibility index (Phi) is 4.53. The Morgan fingerprint density at radius 2 is 2.30 bits per heavy atom. The van der Waals surface area contributed by atoms with Crippen molar-refractivity contribution in [2.24, 2.45) is 7.05 Å². The molecule has 1 aromatic heterocycles. The van der Waals surface area contributed by atoms with E-state index in [1.165, 1.54) is 6.07 Å². The number of nitrogens with one attached hydrogen (secondary N) is 1. The minimum atomic E-state index is -0.523. The van der Waals surface area contributed by atoms with Gasteiger partial charge in [0.25, 0.3) is 5.69 Å². The van der Waals surface area contributed by atoms with Crippen molar-refractivity contribution >= 4 is 34.0 Å². The number of hydrogen-bond acceptors (Lipinski definition) is 4. The van der Waals surface area contributed by atoms with Crippen LogP contribution in [0.1, 0.15) is 5.82 Å². The zero-order valence-electron chi connectivity index (χ0n) is 10.6. The molecule has 0 fully saturated rings. The molecule has 1 heterocycles. The number of benzene rings is 1. The Bertz CT molecular complexity index is 644. The number of hydrogen-bond donors (Lipinski definition) is 1. The first-order valence-electron chi connectivity index (χ1n) is 5.82. The van der Waals surface area contributed by atoms with Gasteiger partial charge in [-0.25, -0.2) is 9.37 Å². The van der Waals surface area contributed by atoms with Crippen molar-refractivity contribution in [2.75, 3.05) is 11.9 Å². The van der Waals surface area contributed by atoms with Crippen LogP contribution in [0.3, 0.4) is 0 Å². The third-order valence-corrected chi connectivity index (χ3v) is 3.65. The summed E-state index contributed by atoms with van der Waals surface area (Å²) in [6.45, 7) is 0.436. The largest absolute Gasteiger partial charge is 0.379 e. The van der Waals surface area contributed by atoms with Crippen molar-refractivity contribution < 1.29 is 9.31 Å². The molecule has 0 atom stereocenters. The van der Waals surface area contributed by atoms with E-state index in [0.717, 1.165) is 11.9 Å². The molecule has 106 valence electrons. The van der Waals surface area contributed by atoms with Crippen LogP contribution < -0.4 is 5.32 Å². The third-order valence-electron chi connectivity index (χ3n) is 2.82. The maximum absolute atomic E-state index is 13.5. The SMILES string of the molecule is Cn1ccnc1CCNc1cc(F)c(I)cc1[N+](=O)[O-]. The molecule has 1 aromatic carbocycles. The van der Waals surface area contributed by atoms with Gasteiger partial charge in [0.15, 0.2) is 0 Å². The molecule has 0 aliphatic heterocycles. The number of imidazole rings is 1. The van der Waals surface area contributed by atoms with Crippen molar-refractivity contribution in [3.05, 3.63) is 49.9 Å². The van der Waals surface area contributed by atoms with Crippen molar-refractivity contribution in [1.29, 1.82) is 0 Å². The molecule has 0 spiro atoms. The average Bonchev–Trinajstić information content (AvgIpc) is 2.79. The molecule has 0 unspecified atom stereocenters. The van der Waals surface area contributed by atoms with Crippen LogP contribution in [0, 0.1) is 19.5 Å². The minimum absolute atomic E-state index is 0.129. The van der Waals surface area contributed by atoms with Gasteiger partial charge in [0.1, 0.15) is 17.3 Å². The second kappa shape index (κ2) is 6.16. The summed E-state index contributed by atoms with van der Waals surface area (Å²) >= 11 is 1.73. The molecule has 2 aromatic rings. The lowest BCUT2D eigenvalue weighted by Gasteiger charge is -2.08. The van der Waals surface area contributed by atoms with Crippen molar-refractivity contribution in [3.63, 3.8) is 0 Å². The summed E-state index contributed by atoms with van der Waals surface area (Å²) in [5.74, 6) is 0.377. The lowest BCUT2D eigenvalue weighted by atomic mass is 10.2. The monoisotopic (exact) mass is 390 g/mol. The van der Waals surface area contributed by atoms with Gasteiger partial charge < -0.3 is 9.88 Å². The van der Waals surface area contributed by atoms with Crippen LogP contribution in [0.2, 0.25) is 0 Å². The highest BCUT2D eigenvalue weighted by Gasteiger charge is 2.17. The number of rotatable bonds is 5. The quantitative estimate of drug-likeness (QED) is 0.484. The fraction of sp³-hybridized carbons (Fsp3) is 0.250. The van der Waals surface area contributed by atoms with Crippen molar-refractivity contribution in [2.45, 2.75) is 6.42 Å². The zero-order chi connectivity index (χ0) is 14.7. The Hall–Kier alpha value is -1.71. The molecule has 0 saturated heterocycles. The van der Waals surface area contributed by atoms with E-state index >= 15 is 0 Å². The van der Waals surface area contributed by atoms with Gasteiger partial charge in [-0.3, -0.25) is 10.1 Å². The maximum Gasteiger partial charge on any atom is 0.293 e. The van der Waals surface area contributed by atoms with E-state index in [1.54, 1.807) is 28.8 Å². The Balaban J connectivity index is 2.11. The first-order valence-corrected chi connectivity index (χ1v) is 6.90. The van der Waals surface area contributed by atoms with Crippen LogP contribution in [0.15, 0.2) is 24.5 Å². The van der Waals surface area contributed by atoms with E-state index in [2.05, 4.69) is 10.3 Å². The molecular weight excluding hydrogens is 378 g/mol. The summed E-state index contributed by atoms with van der Waals surface area (Å²) in [6, 6.07) is 2.37. The molecule has 20 heavy (non-hydrogen) atoms. The number of nitro benzene ring substituents is 1. The molecule has 0 aliphatic carbocycles. The number of nitrogens with zero attached hydrogens (tertiary/aromatic N) is 3. The van der Waals surface area contributed by atoms with Gasteiger partial charge in [-0.2, -0.15) is 0 Å². The van der Waals surface area contributed by atoms with Gasteiger partial charge in [-0.1, -0.05) is 0 Å². The van der Waals surface area contributed by atoms with Gasteiger partial charge in [0.2, 0.25) is 0 Å². The fourth-order valence-electron chi connectivity index (χ4n) is 1.78. The van der Waals surface area contributed by atoms with Crippen LogP contribution in [0.4, 0.5) is 15.8 Å². The number of nitro groups is 1. The van der Waals surface area contributed by atoms with Crippen LogP contribution in [0.5, 0.6) is 0 Å². The van der Waals surface area contributed by atoms with Gasteiger partial charge >= 0.3 is 0 Å².